The highest BCUT2D eigenvalue weighted by atomic mass is 16.1. The molecule has 2 N–H and O–H groups in total. The summed E-state index contributed by atoms with van der Waals surface area (Å²) in [5.74, 6) is 0.181. The summed E-state index contributed by atoms with van der Waals surface area (Å²) in [5.41, 5.74) is 7.64. The van der Waals surface area contributed by atoms with Gasteiger partial charge in [-0.25, -0.2) is 0 Å². The Hall–Kier alpha value is -1.41. The van der Waals surface area contributed by atoms with Crippen molar-refractivity contribution >= 4 is 5.78 Å². The van der Waals surface area contributed by atoms with Gasteiger partial charge in [0, 0.05) is 19.4 Å². The number of rotatable bonds is 5. The summed E-state index contributed by atoms with van der Waals surface area (Å²) in [5, 5.41) is 0. The van der Waals surface area contributed by atoms with Crippen LogP contribution in [0.15, 0.2) is 36.9 Å². The number of carbonyl (C=O) groups excluding carboxylic acids is 1. The van der Waals surface area contributed by atoms with Crippen LogP contribution in [-0.4, -0.2) is 5.78 Å². The van der Waals surface area contributed by atoms with Gasteiger partial charge in [0.2, 0.25) is 0 Å². The van der Waals surface area contributed by atoms with Crippen molar-refractivity contribution in [2.45, 2.75) is 19.4 Å². The summed E-state index contributed by atoms with van der Waals surface area (Å²) in [6.45, 7) is 4.02. The standard InChI is InChI=1S/C12H15NO/c1-2-5-12(14)8-10-6-3-4-7-11(10)9-13/h2-4,6-7H,1,5,8-9,13H2. The number of benzene rings is 1. The van der Waals surface area contributed by atoms with E-state index in [1.165, 1.54) is 0 Å². The van der Waals surface area contributed by atoms with Crippen LogP contribution in [0.5, 0.6) is 0 Å². The molecule has 0 fully saturated rings. The van der Waals surface area contributed by atoms with Crippen LogP contribution in [0.3, 0.4) is 0 Å². The largest absolute Gasteiger partial charge is 0.326 e. The Balaban J connectivity index is 2.74. The van der Waals surface area contributed by atoms with E-state index in [-0.39, 0.29) is 5.78 Å². The first kappa shape index (κ1) is 10.7. The minimum atomic E-state index is 0.181. The molecule has 1 aromatic carbocycles. The van der Waals surface area contributed by atoms with Crippen molar-refractivity contribution in [2.24, 2.45) is 5.73 Å². The van der Waals surface area contributed by atoms with Crippen LogP contribution in [-0.2, 0) is 17.8 Å². The highest BCUT2D eigenvalue weighted by molar-refractivity contribution is 5.82. The van der Waals surface area contributed by atoms with Crippen LogP contribution in [0.4, 0.5) is 0 Å². The molecule has 0 heterocycles. The monoisotopic (exact) mass is 189 g/mol. The van der Waals surface area contributed by atoms with Crippen LogP contribution in [0, 0.1) is 0 Å². The number of hydrogen-bond acceptors (Lipinski definition) is 2. The quantitative estimate of drug-likeness (QED) is 0.718. The van der Waals surface area contributed by atoms with Crippen LogP contribution in [0.25, 0.3) is 0 Å². The van der Waals surface area contributed by atoms with Gasteiger partial charge in [0.25, 0.3) is 0 Å². The molecule has 2 heteroatoms. The van der Waals surface area contributed by atoms with Gasteiger partial charge in [0.1, 0.15) is 5.78 Å². The van der Waals surface area contributed by atoms with Crippen molar-refractivity contribution in [3.05, 3.63) is 48.0 Å². The van der Waals surface area contributed by atoms with Gasteiger partial charge in [0.05, 0.1) is 0 Å². The van der Waals surface area contributed by atoms with E-state index in [1.807, 2.05) is 24.3 Å². The average Bonchev–Trinajstić information content (AvgIpc) is 2.19. The first-order valence-corrected chi connectivity index (χ1v) is 4.67. The predicted octanol–water partition coefficient (Wildman–Crippen LogP) is 1.83. The summed E-state index contributed by atoms with van der Waals surface area (Å²) in [7, 11) is 0. The second-order valence-corrected chi connectivity index (χ2v) is 3.18. The molecule has 0 radical (unpaired) electrons. The molecule has 2 nitrogen and oxygen atoms in total. The summed E-state index contributed by atoms with van der Waals surface area (Å²) >= 11 is 0. The molecule has 0 aliphatic heterocycles. The van der Waals surface area contributed by atoms with Crippen LogP contribution >= 0.6 is 0 Å². The van der Waals surface area contributed by atoms with Gasteiger partial charge in [-0.2, -0.15) is 0 Å². The molecule has 0 aliphatic rings. The van der Waals surface area contributed by atoms with Crippen molar-refractivity contribution < 1.29 is 4.79 Å². The third kappa shape index (κ3) is 2.82. The van der Waals surface area contributed by atoms with E-state index >= 15 is 0 Å². The van der Waals surface area contributed by atoms with Crippen molar-refractivity contribution in [3.8, 4) is 0 Å². The predicted molar refractivity (Wildman–Crippen MR) is 57.9 cm³/mol. The molecular formula is C12H15NO. The van der Waals surface area contributed by atoms with E-state index in [0.29, 0.717) is 19.4 Å². The molecule has 0 unspecified atom stereocenters. The Morgan fingerprint density at radius 2 is 2.00 bits per heavy atom. The maximum Gasteiger partial charge on any atom is 0.141 e. The lowest BCUT2D eigenvalue weighted by Gasteiger charge is -2.05. The van der Waals surface area contributed by atoms with Gasteiger partial charge in [-0.3, -0.25) is 4.79 Å². The first-order chi connectivity index (χ1) is 6.77. The van der Waals surface area contributed by atoms with Gasteiger partial charge in [0.15, 0.2) is 0 Å². The van der Waals surface area contributed by atoms with Crippen molar-refractivity contribution in [1.29, 1.82) is 0 Å². The van der Waals surface area contributed by atoms with E-state index in [2.05, 4.69) is 6.58 Å². The molecular weight excluding hydrogens is 174 g/mol. The van der Waals surface area contributed by atoms with E-state index in [4.69, 9.17) is 5.73 Å². The number of carbonyl (C=O) groups is 1. The molecule has 0 bridgehead atoms. The zero-order valence-corrected chi connectivity index (χ0v) is 8.20. The molecule has 0 aliphatic carbocycles. The van der Waals surface area contributed by atoms with Gasteiger partial charge >= 0.3 is 0 Å². The fourth-order valence-electron chi connectivity index (χ4n) is 1.37. The Bertz CT molecular complexity index is 331. The smallest absolute Gasteiger partial charge is 0.141 e. The van der Waals surface area contributed by atoms with Gasteiger partial charge in [-0.05, 0) is 11.1 Å². The van der Waals surface area contributed by atoms with E-state index in [9.17, 15) is 4.79 Å². The summed E-state index contributed by atoms with van der Waals surface area (Å²) in [6, 6.07) is 7.76. The highest BCUT2D eigenvalue weighted by Crippen LogP contribution is 2.09. The molecule has 0 aromatic heterocycles. The number of nitrogens with two attached hydrogens (primary N) is 1. The fourth-order valence-corrected chi connectivity index (χ4v) is 1.37. The maximum absolute atomic E-state index is 11.4. The third-order valence-electron chi connectivity index (χ3n) is 2.10. The lowest BCUT2D eigenvalue weighted by Crippen LogP contribution is -2.06. The number of ketones is 1. The minimum absolute atomic E-state index is 0.181. The molecule has 14 heavy (non-hydrogen) atoms. The molecule has 0 amide bonds. The maximum atomic E-state index is 11.4. The average molecular weight is 189 g/mol. The molecule has 0 atom stereocenters. The Labute approximate surface area is 84.4 Å². The number of allylic oxidation sites excluding steroid dienone is 1. The second kappa shape index (κ2) is 5.35. The number of hydrogen-bond donors (Lipinski definition) is 1. The minimum Gasteiger partial charge on any atom is -0.326 e. The molecule has 0 saturated carbocycles. The topological polar surface area (TPSA) is 43.1 Å². The zero-order chi connectivity index (χ0) is 10.4. The number of Topliss-reactive ketones (excluding diaryl/α,β-unsaturated/α-hetero) is 1. The zero-order valence-electron chi connectivity index (χ0n) is 8.20. The van der Waals surface area contributed by atoms with Gasteiger partial charge in [-0.1, -0.05) is 30.3 Å². The second-order valence-electron chi connectivity index (χ2n) is 3.18. The molecule has 74 valence electrons. The van der Waals surface area contributed by atoms with Crippen LogP contribution in [0.1, 0.15) is 17.5 Å². The fraction of sp³-hybridized carbons (Fsp3) is 0.250. The molecule has 1 rings (SSSR count). The summed E-state index contributed by atoms with van der Waals surface area (Å²) in [6.07, 6.45) is 2.52. The van der Waals surface area contributed by atoms with Gasteiger partial charge in [-0.15, -0.1) is 6.58 Å². The third-order valence-corrected chi connectivity index (χ3v) is 2.10. The SMILES string of the molecule is C=CCC(=O)Cc1ccccc1CN. The van der Waals surface area contributed by atoms with Crippen LogP contribution < -0.4 is 5.73 Å². The van der Waals surface area contributed by atoms with Crippen molar-refractivity contribution in [2.75, 3.05) is 0 Å². The Kier molecular flexibility index (Phi) is 4.08. The van der Waals surface area contributed by atoms with Crippen molar-refractivity contribution in [3.63, 3.8) is 0 Å². The lowest BCUT2D eigenvalue weighted by molar-refractivity contribution is -0.117. The van der Waals surface area contributed by atoms with Gasteiger partial charge < -0.3 is 5.73 Å². The normalized spacial score (nSPS) is 9.79. The van der Waals surface area contributed by atoms with E-state index < -0.39 is 0 Å². The Morgan fingerprint density at radius 3 is 2.57 bits per heavy atom. The molecule has 0 saturated heterocycles. The van der Waals surface area contributed by atoms with Crippen molar-refractivity contribution in [1.82, 2.24) is 0 Å². The van der Waals surface area contributed by atoms with E-state index in [0.717, 1.165) is 11.1 Å². The van der Waals surface area contributed by atoms with Crippen LogP contribution in [0.2, 0.25) is 0 Å². The van der Waals surface area contributed by atoms with E-state index in [1.54, 1.807) is 6.08 Å². The molecule has 1 aromatic rings. The summed E-state index contributed by atoms with van der Waals surface area (Å²) < 4.78 is 0. The Morgan fingerprint density at radius 1 is 1.36 bits per heavy atom. The lowest BCUT2D eigenvalue weighted by atomic mass is 10.0. The highest BCUT2D eigenvalue weighted by Gasteiger charge is 2.04. The summed E-state index contributed by atoms with van der Waals surface area (Å²) in [4.78, 5) is 11.4. The first-order valence-electron chi connectivity index (χ1n) is 4.67. The molecule has 0 spiro atoms.